The summed E-state index contributed by atoms with van der Waals surface area (Å²) in [5.41, 5.74) is 6.03. The van der Waals surface area contributed by atoms with Crippen molar-refractivity contribution in [3.63, 3.8) is 0 Å². The molecule has 3 N–H and O–H groups in total. The van der Waals surface area contributed by atoms with E-state index >= 15 is 0 Å². The molecule has 2 atom stereocenters. The van der Waals surface area contributed by atoms with Crippen LogP contribution in [0.25, 0.3) is 0 Å². The van der Waals surface area contributed by atoms with Gasteiger partial charge in [-0.15, -0.1) is 0 Å². The summed E-state index contributed by atoms with van der Waals surface area (Å²) >= 11 is 6.30. The molecule has 0 radical (unpaired) electrons. The van der Waals surface area contributed by atoms with Crippen LogP contribution in [0.3, 0.4) is 0 Å². The molecular weight excluding hydrogens is 288 g/mol. The molecular formula is C15H19ClN4O. The minimum Gasteiger partial charge on any atom is -0.488 e. The summed E-state index contributed by atoms with van der Waals surface area (Å²) in [5.74, 6) is 6.68. The smallest absolute Gasteiger partial charge is 0.130 e. The molecule has 2 unspecified atom stereocenters. The molecule has 1 aromatic carbocycles. The van der Waals surface area contributed by atoms with E-state index in [-0.39, 0.29) is 12.1 Å². The molecule has 0 saturated heterocycles. The van der Waals surface area contributed by atoms with E-state index in [0.29, 0.717) is 11.6 Å². The number of rotatable bonds is 4. The van der Waals surface area contributed by atoms with Crippen LogP contribution in [0.2, 0.25) is 5.15 Å². The molecule has 0 fully saturated rings. The number of benzene rings is 1. The van der Waals surface area contributed by atoms with E-state index in [9.17, 15) is 0 Å². The Balaban J connectivity index is 1.78. The van der Waals surface area contributed by atoms with Crippen LogP contribution < -0.4 is 16.0 Å². The molecule has 5 nitrogen and oxygen atoms in total. The Kier molecular flexibility index (Phi) is 3.89. The third kappa shape index (κ3) is 2.64. The average Bonchev–Trinajstić information content (AvgIpc) is 3.00. The number of halogens is 1. The van der Waals surface area contributed by atoms with Crippen LogP contribution in [0.5, 0.6) is 5.75 Å². The van der Waals surface area contributed by atoms with Crippen molar-refractivity contribution in [2.24, 2.45) is 12.9 Å². The fraction of sp³-hybridized carbons (Fsp3) is 0.400. The van der Waals surface area contributed by atoms with Crippen molar-refractivity contribution >= 4 is 11.6 Å². The fourth-order valence-electron chi connectivity index (χ4n) is 2.86. The lowest BCUT2D eigenvalue weighted by Crippen LogP contribution is -2.47. The molecule has 0 spiro atoms. The van der Waals surface area contributed by atoms with Gasteiger partial charge in [0.1, 0.15) is 17.0 Å². The highest BCUT2D eigenvalue weighted by atomic mass is 35.5. The van der Waals surface area contributed by atoms with Gasteiger partial charge in [0.25, 0.3) is 0 Å². The quantitative estimate of drug-likeness (QED) is 0.667. The maximum atomic E-state index is 6.30. The standard InChI is InChI=1S/C15H19ClN4O/c1-9-11(15(16)20(2)19-9)8-12(18-17)14-7-10-5-3-4-6-13(10)21-14/h3-6,12,14,18H,7-8,17H2,1-2H3. The molecule has 0 aliphatic carbocycles. The van der Waals surface area contributed by atoms with Gasteiger partial charge in [0, 0.05) is 19.0 Å². The second kappa shape index (κ2) is 5.67. The van der Waals surface area contributed by atoms with Gasteiger partial charge in [-0.25, -0.2) is 0 Å². The van der Waals surface area contributed by atoms with Gasteiger partial charge in [0.15, 0.2) is 0 Å². The molecule has 2 heterocycles. The Morgan fingerprint density at radius 1 is 1.52 bits per heavy atom. The van der Waals surface area contributed by atoms with Crippen LogP contribution in [-0.4, -0.2) is 21.9 Å². The molecule has 0 saturated carbocycles. The van der Waals surface area contributed by atoms with Crippen molar-refractivity contribution in [2.45, 2.75) is 31.9 Å². The lowest BCUT2D eigenvalue weighted by molar-refractivity contribution is 0.177. The van der Waals surface area contributed by atoms with Gasteiger partial charge in [-0.1, -0.05) is 29.8 Å². The average molecular weight is 307 g/mol. The number of hydrogen-bond donors (Lipinski definition) is 2. The highest BCUT2D eigenvalue weighted by Crippen LogP contribution is 2.31. The summed E-state index contributed by atoms with van der Waals surface area (Å²) in [4.78, 5) is 0. The molecule has 3 rings (SSSR count). The minimum absolute atomic E-state index is 0.00285. The summed E-state index contributed by atoms with van der Waals surface area (Å²) < 4.78 is 7.69. The van der Waals surface area contributed by atoms with Crippen LogP contribution in [0, 0.1) is 6.92 Å². The first-order valence-corrected chi connectivity index (χ1v) is 7.36. The van der Waals surface area contributed by atoms with Gasteiger partial charge in [-0.3, -0.25) is 16.0 Å². The molecule has 1 aliphatic heterocycles. The normalized spacial score (nSPS) is 18.4. The number of ether oxygens (including phenoxy) is 1. The topological polar surface area (TPSA) is 65.1 Å². The van der Waals surface area contributed by atoms with Gasteiger partial charge in [0.2, 0.25) is 0 Å². The number of fused-ring (bicyclic) bond motifs is 1. The lowest BCUT2D eigenvalue weighted by Gasteiger charge is -2.22. The van der Waals surface area contributed by atoms with E-state index < -0.39 is 0 Å². The summed E-state index contributed by atoms with van der Waals surface area (Å²) in [6, 6.07) is 8.07. The Hall–Kier alpha value is -1.56. The molecule has 6 heteroatoms. The van der Waals surface area contributed by atoms with Crippen LogP contribution in [0.15, 0.2) is 24.3 Å². The molecule has 1 aromatic heterocycles. The largest absolute Gasteiger partial charge is 0.488 e. The van der Waals surface area contributed by atoms with Gasteiger partial charge < -0.3 is 4.74 Å². The Bertz CT molecular complexity index is 630. The lowest BCUT2D eigenvalue weighted by atomic mass is 9.99. The van der Waals surface area contributed by atoms with Gasteiger partial charge >= 0.3 is 0 Å². The van der Waals surface area contributed by atoms with Crippen LogP contribution in [0.4, 0.5) is 0 Å². The summed E-state index contributed by atoms with van der Waals surface area (Å²) in [5, 5.41) is 5.00. The predicted octanol–water partition coefficient (Wildman–Crippen LogP) is 1.76. The maximum Gasteiger partial charge on any atom is 0.130 e. The molecule has 21 heavy (non-hydrogen) atoms. The Labute approximate surface area is 129 Å². The number of nitrogens with zero attached hydrogens (tertiary/aromatic N) is 2. The minimum atomic E-state index is -0.0159. The molecule has 0 amide bonds. The van der Waals surface area contributed by atoms with Crippen molar-refractivity contribution in [1.29, 1.82) is 0 Å². The number of aryl methyl sites for hydroxylation is 2. The third-order valence-corrected chi connectivity index (χ3v) is 4.50. The summed E-state index contributed by atoms with van der Waals surface area (Å²) in [6.45, 7) is 1.96. The zero-order chi connectivity index (χ0) is 15.0. The third-order valence-electron chi connectivity index (χ3n) is 4.03. The maximum absolute atomic E-state index is 6.30. The van der Waals surface area contributed by atoms with Crippen molar-refractivity contribution in [3.05, 3.63) is 46.2 Å². The summed E-state index contributed by atoms with van der Waals surface area (Å²) in [6.07, 6.45) is 1.54. The first kappa shape index (κ1) is 14.4. The second-order valence-corrected chi connectivity index (χ2v) is 5.78. The van der Waals surface area contributed by atoms with Crippen molar-refractivity contribution in [3.8, 4) is 5.75 Å². The Morgan fingerprint density at radius 2 is 2.29 bits per heavy atom. The molecule has 0 bridgehead atoms. The number of hydrazine groups is 1. The predicted molar refractivity (Wildman–Crippen MR) is 82.3 cm³/mol. The van der Waals surface area contributed by atoms with Crippen LogP contribution in [-0.2, 0) is 19.9 Å². The molecule has 1 aliphatic rings. The highest BCUT2D eigenvalue weighted by Gasteiger charge is 2.31. The number of nitrogens with one attached hydrogen (secondary N) is 1. The number of hydrogen-bond acceptors (Lipinski definition) is 4. The zero-order valence-corrected chi connectivity index (χ0v) is 12.9. The van der Waals surface area contributed by atoms with E-state index in [1.807, 2.05) is 32.2 Å². The van der Waals surface area contributed by atoms with E-state index in [1.54, 1.807) is 4.68 Å². The SMILES string of the molecule is Cc1nn(C)c(Cl)c1CC(NN)C1Cc2ccccc2O1. The van der Waals surface area contributed by atoms with Gasteiger partial charge in [-0.2, -0.15) is 5.10 Å². The van der Waals surface area contributed by atoms with Crippen molar-refractivity contribution < 1.29 is 4.74 Å². The first-order chi connectivity index (χ1) is 10.1. The Morgan fingerprint density at radius 3 is 2.90 bits per heavy atom. The molecule has 2 aromatic rings. The van der Waals surface area contributed by atoms with E-state index in [0.717, 1.165) is 23.4 Å². The molecule has 112 valence electrons. The number of para-hydroxylation sites is 1. The second-order valence-electron chi connectivity index (χ2n) is 5.42. The first-order valence-electron chi connectivity index (χ1n) is 6.98. The summed E-state index contributed by atoms with van der Waals surface area (Å²) in [7, 11) is 1.84. The highest BCUT2D eigenvalue weighted by molar-refractivity contribution is 6.30. The van der Waals surface area contributed by atoms with Crippen LogP contribution >= 0.6 is 11.6 Å². The van der Waals surface area contributed by atoms with Crippen molar-refractivity contribution in [1.82, 2.24) is 15.2 Å². The zero-order valence-electron chi connectivity index (χ0n) is 12.1. The fourth-order valence-corrected chi connectivity index (χ4v) is 3.11. The number of nitrogens with two attached hydrogens (primary N) is 1. The van der Waals surface area contributed by atoms with Crippen LogP contribution in [0.1, 0.15) is 16.8 Å². The van der Waals surface area contributed by atoms with E-state index in [4.69, 9.17) is 22.2 Å². The van der Waals surface area contributed by atoms with E-state index in [1.165, 1.54) is 5.56 Å². The monoisotopic (exact) mass is 306 g/mol. The van der Waals surface area contributed by atoms with Gasteiger partial charge in [-0.05, 0) is 25.0 Å². The van der Waals surface area contributed by atoms with E-state index in [2.05, 4.69) is 16.6 Å². The number of aromatic nitrogens is 2. The van der Waals surface area contributed by atoms with Gasteiger partial charge in [0.05, 0.1) is 11.7 Å². The van der Waals surface area contributed by atoms with Crippen molar-refractivity contribution in [2.75, 3.05) is 0 Å².